The molecule has 0 aliphatic heterocycles. The van der Waals surface area contributed by atoms with E-state index in [1.54, 1.807) is 0 Å². The van der Waals surface area contributed by atoms with Gasteiger partial charge in [0.1, 0.15) is 0 Å². The van der Waals surface area contributed by atoms with Crippen LogP contribution in [0.2, 0.25) is 0 Å². The lowest BCUT2D eigenvalue weighted by molar-refractivity contribution is -0.0406. The largest absolute Gasteiger partial charge is 0.0654 e. The van der Waals surface area contributed by atoms with Crippen LogP contribution in [0.15, 0.2) is 0 Å². The van der Waals surface area contributed by atoms with Gasteiger partial charge in [0, 0.05) is 0 Å². The van der Waals surface area contributed by atoms with E-state index in [0.29, 0.717) is 10.8 Å². The van der Waals surface area contributed by atoms with Gasteiger partial charge in [-0.2, -0.15) is 0 Å². The Morgan fingerprint density at radius 3 is 1.52 bits per heavy atom. The molecule has 0 aromatic rings. The van der Waals surface area contributed by atoms with E-state index in [1.165, 1.54) is 32.1 Å². The SMILES string of the molecule is CCCC(C)CC(C(C)C)C(C(C(C)C)C(CC)C(C)C(C)(C)C)C(C)(C)CC. The molecule has 0 aliphatic rings. The standard InChI is InChI=1S/C29H60/c1-15-18-22(8)19-25(20(4)5)27(29(13,14)17-3)26(21(6)7)24(16-2)23(9)28(10,11)12/h20-27H,15-19H2,1-14H3. The second-order valence-electron chi connectivity index (χ2n) is 13.0. The topological polar surface area (TPSA) is 0 Å². The fourth-order valence-corrected chi connectivity index (χ4v) is 6.31. The first-order valence-corrected chi connectivity index (χ1v) is 13.1. The summed E-state index contributed by atoms with van der Waals surface area (Å²) in [6.07, 6.45) is 6.70. The van der Waals surface area contributed by atoms with Gasteiger partial charge in [-0.05, 0) is 64.6 Å². The molecule has 176 valence electrons. The molecule has 0 saturated carbocycles. The van der Waals surface area contributed by atoms with Gasteiger partial charge in [-0.15, -0.1) is 0 Å². The summed E-state index contributed by atoms with van der Waals surface area (Å²) in [5.74, 6) is 6.30. The van der Waals surface area contributed by atoms with E-state index in [2.05, 4.69) is 96.9 Å². The molecule has 0 aromatic heterocycles. The summed E-state index contributed by atoms with van der Waals surface area (Å²) < 4.78 is 0. The van der Waals surface area contributed by atoms with Gasteiger partial charge in [0.05, 0.1) is 0 Å². The highest BCUT2D eigenvalue weighted by Crippen LogP contribution is 2.53. The molecule has 0 radical (unpaired) electrons. The van der Waals surface area contributed by atoms with Crippen LogP contribution < -0.4 is 0 Å². The summed E-state index contributed by atoms with van der Waals surface area (Å²) in [6.45, 7) is 34.9. The van der Waals surface area contributed by atoms with Crippen molar-refractivity contribution in [2.24, 2.45) is 58.2 Å². The summed E-state index contributed by atoms with van der Waals surface area (Å²) in [6, 6.07) is 0. The van der Waals surface area contributed by atoms with Gasteiger partial charge in [-0.25, -0.2) is 0 Å². The molecule has 0 spiro atoms. The predicted molar refractivity (Wildman–Crippen MR) is 135 cm³/mol. The summed E-state index contributed by atoms with van der Waals surface area (Å²) in [7, 11) is 0. The van der Waals surface area contributed by atoms with Gasteiger partial charge in [0.25, 0.3) is 0 Å². The van der Waals surface area contributed by atoms with Crippen LogP contribution in [0.3, 0.4) is 0 Å². The Labute approximate surface area is 187 Å². The van der Waals surface area contributed by atoms with Gasteiger partial charge in [0.15, 0.2) is 0 Å². The average Bonchev–Trinajstić information content (AvgIpc) is 2.58. The van der Waals surface area contributed by atoms with Crippen molar-refractivity contribution >= 4 is 0 Å². The summed E-state index contributed by atoms with van der Waals surface area (Å²) in [5, 5.41) is 0. The molecule has 0 nitrogen and oxygen atoms in total. The molecule has 0 N–H and O–H groups in total. The van der Waals surface area contributed by atoms with E-state index in [-0.39, 0.29) is 0 Å². The van der Waals surface area contributed by atoms with E-state index >= 15 is 0 Å². The highest BCUT2D eigenvalue weighted by molar-refractivity contribution is 4.95. The van der Waals surface area contributed by atoms with E-state index in [4.69, 9.17) is 0 Å². The molecule has 0 heteroatoms. The van der Waals surface area contributed by atoms with Crippen LogP contribution in [-0.4, -0.2) is 0 Å². The van der Waals surface area contributed by atoms with Crippen LogP contribution in [0.25, 0.3) is 0 Å². The molecule has 6 atom stereocenters. The third-order valence-corrected chi connectivity index (χ3v) is 8.75. The third kappa shape index (κ3) is 8.22. The van der Waals surface area contributed by atoms with Crippen molar-refractivity contribution in [3.8, 4) is 0 Å². The molecule has 0 saturated heterocycles. The zero-order valence-electron chi connectivity index (χ0n) is 23.2. The normalized spacial score (nSPS) is 19.9. The van der Waals surface area contributed by atoms with Gasteiger partial charge >= 0.3 is 0 Å². The van der Waals surface area contributed by atoms with Gasteiger partial charge in [0.2, 0.25) is 0 Å². The second kappa shape index (κ2) is 12.1. The van der Waals surface area contributed by atoms with Crippen molar-refractivity contribution in [2.75, 3.05) is 0 Å². The molecule has 0 fully saturated rings. The van der Waals surface area contributed by atoms with Crippen LogP contribution in [0, 0.1) is 58.2 Å². The van der Waals surface area contributed by atoms with Crippen molar-refractivity contribution in [3.05, 3.63) is 0 Å². The summed E-state index contributed by atoms with van der Waals surface area (Å²) >= 11 is 0. The Bertz CT molecular complexity index is 422. The maximum atomic E-state index is 2.58. The first kappa shape index (κ1) is 29.0. The fourth-order valence-electron chi connectivity index (χ4n) is 6.31. The molecule has 0 aliphatic carbocycles. The fraction of sp³-hybridized carbons (Fsp3) is 1.00. The van der Waals surface area contributed by atoms with Crippen LogP contribution >= 0.6 is 0 Å². The number of hydrogen-bond donors (Lipinski definition) is 0. The first-order valence-electron chi connectivity index (χ1n) is 13.1. The van der Waals surface area contributed by atoms with Crippen molar-refractivity contribution in [2.45, 2.75) is 129 Å². The minimum atomic E-state index is 0.373. The molecule has 0 bridgehead atoms. The number of rotatable bonds is 13. The lowest BCUT2D eigenvalue weighted by Gasteiger charge is -2.52. The minimum Gasteiger partial charge on any atom is -0.0654 e. The van der Waals surface area contributed by atoms with E-state index in [1.807, 2.05) is 0 Å². The number of hydrogen-bond acceptors (Lipinski definition) is 0. The average molecular weight is 409 g/mol. The quantitative estimate of drug-likeness (QED) is 0.284. The molecule has 0 rings (SSSR count). The van der Waals surface area contributed by atoms with Gasteiger partial charge in [-0.1, -0.05) is 123 Å². The highest BCUT2D eigenvalue weighted by Gasteiger charge is 2.46. The first-order chi connectivity index (χ1) is 13.1. The Balaban J connectivity index is 6.41. The predicted octanol–water partition coefficient (Wildman–Crippen LogP) is 10.1. The van der Waals surface area contributed by atoms with Crippen molar-refractivity contribution in [3.63, 3.8) is 0 Å². The molecule has 6 unspecified atom stereocenters. The maximum Gasteiger partial charge on any atom is -0.0298 e. The van der Waals surface area contributed by atoms with Crippen LogP contribution in [0.4, 0.5) is 0 Å². The van der Waals surface area contributed by atoms with Crippen molar-refractivity contribution in [1.82, 2.24) is 0 Å². The zero-order chi connectivity index (χ0) is 23.2. The Morgan fingerprint density at radius 1 is 0.690 bits per heavy atom. The lowest BCUT2D eigenvalue weighted by Crippen LogP contribution is -2.46. The molecular weight excluding hydrogens is 348 g/mol. The van der Waals surface area contributed by atoms with Crippen molar-refractivity contribution in [1.29, 1.82) is 0 Å². The lowest BCUT2D eigenvalue weighted by atomic mass is 9.52. The highest BCUT2D eigenvalue weighted by atomic mass is 14.5. The van der Waals surface area contributed by atoms with Crippen LogP contribution in [0.1, 0.15) is 129 Å². The van der Waals surface area contributed by atoms with Gasteiger partial charge in [-0.3, -0.25) is 0 Å². The molecule has 29 heavy (non-hydrogen) atoms. The second-order valence-corrected chi connectivity index (χ2v) is 13.0. The minimum absolute atomic E-state index is 0.373. The molecular formula is C29H60. The maximum absolute atomic E-state index is 2.58. The van der Waals surface area contributed by atoms with Gasteiger partial charge < -0.3 is 0 Å². The van der Waals surface area contributed by atoms with Crippen LogP contribution in [0.5, 0.6) is 0 Å². The Kier molecular flexibility index (Phi) is 12.1. The van der Waals surface area contributed by atoms with E-state index in [0.717, 1.165) is 47.3 Å². The Hall–Kier alpha value is 0. The third-order valence-electron chi connectivity index (χ3n) is 8.75. The molecule has 0 heterocycles. The smallest absolute Gasteiger partial charge is 0.0298 e. The van der Waals surface area contributed by atoms with Crippen molar-refractivity contribution < 1.29 is 0 Å². The van der Waals surface area contributed by atoms with Crippen LogP contribution in [-0.2, 0) is 0 Å². The monoisotopic (exact) mass is 408 g/mol. The zero-order valence-corrected chi connectivity index (χ0v) is 23.2. The molecule has 0 amide bonds. The Morgan fingerprint density at radius 2 is 1.21 bits per heavy atom. The van der Waals surface area contributed by atoms with E-state index in [9.17, 15) is 0 Å². The molecule has 0 aromatic carbocycles. The van der Waals surface area contributed by atoms with E-state index < -0.39 is 0 Å². The summed E-state index contributed by atoms with van der Waals surface area (Å²) in [4.78, 5) is 0. The summed E-state index contributed by atoms with van der Waals surface area (Å²) in [5.41, 5.74) is 0.762.